The standard InChI is InChI=1S/C6H4Br2ClNO/c1-11-6-4(8)5(9)3(7)2-10-6/h2H,1H3. The summed E-state index contributed by atoms with van der Waals surface area (Å²) in [6.07, 6.45) is 1.59. The van der Waals surface area contributed by atoms with Crippen LogP contribution in [0.5, 0.6) is 5.88 Å². The Bertz CT molecular complexity index is 280. The highest BCUT2D eigenvalue weighted by molar-refractivity contribution is 9.11. The van der Waals surface area contributed by atoms with E-state index in [-0.39, 0.29) is 0 Å². The van der Waals surface area contributed by atoms with Gasteiger partial charge in [-0.2, -0.15) is 0 Å². The molecule has 1 aromatic rings. The Labute approximate surface area is 86.2 Å². The minimum absolute atomic E-state index is 0.484. The molecular formula is C6H4Br2ClNO. The molecule has 1 aromatic heterocycles. The Morgan fingerprint density at radius 1 is 1.55 bits per heavy atom. The van der Waals surface area contributed by atoms with Crippen LogP contribution in [0, 0.1) is 0 Å². The van der Waals surface area contributed by atoms with Crippen LogP contribution in [0.3, 0.4) is 0 Å². The molecule has 0 saturated carbocycles. The van der Waals surface area contributed by atoms with E-state index in [0.29, 0.717) is 15.4 Å². The SMILES string of the molecule is COc1ncc(Br)c(Cl)c1Br. The van der Waals surface area contributed by atoms with Crippen molar-refractivity contribution in [2.24, 2.45) is 0 Å². The van der Waals surface area contributed by atoms with E-state index < -0.39 is 0 Å². The van der Waals surface area contributed by atoms with Gasteiger partial charge in [0, 0.05) is 6.20 Å². The second-order valence-corrected chi connectivity index (χ2v) is 3.77. The zero-order chi connectivity index (χ0) is 8.43. The van der Waals surface area contributed by atoms with Crippen molar-refractivity contribution in [2.75, 3.05) is 7.11 Å². The fourth-order valence-electron chi connectivity index (χ4n) is 0.570. The maximum Gasteiger partial charge on any atom is 0.229 e. The molecule has 11 heavy (non-hydrogen) atoms. The maximum atomic E-state index is 5.85. The van der Waals surface area contributed by atoms with Crippen LogP contribution in [0.2, 0.25) is 5.02 Å². The minimum atomic E-state index is 0.484. The number of hydrogen-bond acceptors (Lipinski definition) is 2. The quantitative estimate of drug-likeness (QED) is 0.794. The third kappa shape index (κ3) is 1.86. The summed E-state index contributed by atoms with van der Waals surface area (Å²) in [4.78, 5) is 3.96. The minimum Gasteiger partial charge on any atom is -0.480 e. The van der Waals surface area contributed by atoms with Gasteiger partial charge in [0.2, 0.25) is 5.88 Å². The Morgan fingerprint density at radius 2 is 2.18 bits per heavy atom. The summed E-state index contributed by atoms with van der Waals surface area (Å²) in [6.45, 7) is 0. The van der Waals surface area contributed by atoms with Crippen molar-refractivity contribution in [1.82, 2.24) is 4.98 Å². The highest BCUT2D eigenvalue weighted by Gasteiger charge is 2.08. The van der Waals surface area contributed by atoms with Crippen molar-refractivity contribution < 1.29 is 4.74 Å². The average Bonchev–Trinajstić information content (AvgIpc) is 2.01. The van der Waals surface area contributed by atoms with Gasteiger partial charge in [0.15, 0.2) is 0 Å². The van der Waals surface area contributed by atoms with Crippen molar-refractivity contribution in [2.45, 2.75) is 0 Å². The summed E-state index contributed by atoms with van der Waals surface area (Å²) in [5.74, 6) is 0.484. The summed E-state index contributed by atoms with van der Waals surface area (Å²) < 4.78 is 6.32. The molecular weight excluding hydrogens is 297 g/mol. The van der Waals surface area contributed by atoms with Crippen molar-refractivity contribution in [3.05, 3.63) is 20.2 Å². The summed E-state index contributed by atoms with van der Waals surface area (Å²) >= 11 is 12.3. The fourth-order valence-corrected chi connectivity index (χ4v) is 1.74. The first-order valence-electron chi connectivity index (χ1n) is 2.70. The Balaban J connectivity index is 3.25. The molecule has 0 saturated heterocycles. The molecule has 0 aliphatic heterocycles. The van der Waals surface area contributed by atoms with E-state index in [4.69, 9.17) is 16.3 Å². The molecule has 0 amide bonds. The molecule has 0 N–H and O–H groups in total. The summed E-state index contributed by atoms with van der Waals surface area (Å²) in [5, 5.41) is 0.567. The van der Waals surface area contributed by atoms with Crippen LogP contribution in [0.25, 0.3) is 0 Å². The van der Waals surface area contributed by atoms with Crippen LogP contribution >= 0.6 is 43.5 Å². The summed E-state index contributed by atoms with van der Waals surface area (Å²) in [6, 6.07) is 0. The molecule has 0 bridgehead atoms. The molecule has 0 unspecified atom stereocenters. The number of halogens is 3. The lowest BCUT2D eigenvalue weighted by molar-refractivity contribution is 0.395. The normalized spacial score (nSPS) is 9.82. The topological polar surface area (TPSA) is 22.1 Å². The van der Waals surface area contributed by atoms with Gasteiger partial charge in [-0.3, -0.25) is 0 Å². The average molecular weight is 301 g/mol. The number of ether oxygens (including phenoxy) is 1. The molecule has 60 valence electrons. The van der Waals surface area contributed by atoms with Gasteiger partial charge in [0.25, 0.3) is 0 Å². The Hall–Kier alpha value is 0.200. The van der Waals surface area contributed by atoms with Crippen molar-refractivity contribution in [3.8, 4) is 5.88 Å². The predicted molar refractivity (Wildman–Crippen MR) is 51.2 cm³/mol. The van der Waals surface area contributed by atoms with E-state index in [1.165, 1.54) is 7.11 Å². The largest absolute Gasteiger partial charge is 0.480 e. The number of pyridine rings is 1. The predicted octanol–water partition coefficient (Wildman–Crippen LogP) is 3.27. The Kier molecular flexibility index (Phi) is 3.16. The van der Waals surface area contributed by atoms with Crippen LogP contribution in [0.4, 0.5) is 0 Å². The lowest BCUT2D eigenvalue weighted by Crippen LogP contribution is -1.89. The van der Waals surface area contributed by atoms with Crippen LogP contribution in [0.15, 0.2) is 15.1 Å². The molecule has 0 spiro atoms. The number of methoxy groups -OCH3 is 1. The van der Waals surface area contributed by atoms with Crippen LogP contribution < -0.4 is 4.74 Å². The van der Waals surface area contributed by atoms with Crippen molar-refractivity contribution >= 4 is 43.5 Å². The zero-order valence-electron chi connectivity index (χ0n) is 5.57. The number of nitrogens with zero attached hydrogens (tertiary/aromatic N) is 1. The van der Waals surface area contributed by atoms with E-state index >= 15 is 0 Å². The van der Waals surface area contributed by atoms with Crippen LogP contribution in [-0.4, -0.2) is 12.1 Å². The highest BCUT2D eigenvalue weighted by Crippen LogP contribution is 2.35. The second kappa shape index (κ2) is 3.74. The van der Waals surface area contributed by atoms with Crippen LogP contribution in [0.1, 0.15) is 0 Å². The van der Waals surface area contributed by atoms with Gasteiger partial charge in [-0.15, -0.1) is 0 Å². The number of rotatable bonds is 1. The van der Waals surface area contributed by atoms with E-state index in [1.54, 1.807) is 6.20 Å². The van der Waals surface area contributed by atoms with E-state index in [9.17, 15) is 0 Å². The molecule has 1 heterocycles. The maximum absolute atomic E-state index is 5.85. The lowest BCUT2D eigenvalue weighted by atomic mass is 10.5. The molecule has 1 rings (SSSR count). The van der Waals surface area contributed by atoms with Crippen molar-refractivity contribution in [1.29, 1.82) is 0 Å². The van der Waals surface area contributed by atoms with Gasteiger partial charge < -0.3 is 4.74 Å². The molecule has 0 radical (unpaired) electrons. The monoisotopic (exact) mass is 299 g/mol. The van der Waals surface area contributed by atoms with Gasteiger partial charge in [-0.25, -0.2) is 4.98 Å². The number of hydrogen-bond donors (Lipinski definition) is 0. The fraction of sp³-hybridized carbons (Fsp3) is 0.167. The third-order valence-corrected chi connectivity index (χ3v) is 3.26. The third-order valence-electron chi connectivity index (χ3n) is 1.08. The van der Waals surface area contributed by atoms with Crippen molar-refractivity contribution in [3.63, 3.8) is 0 Å². The van der Waals surface area contributed by atoms with Gasteiger partial charge in [-0.1, -0.05) is 11.6 Å². The zero-order valence-corrected chi connectivity index (χ0v) is 9.49. The molecule has 5 heteroatoms. The Morgan fingerprint density at radius 3 is 2.73 bits per heavy atom. The van der Waals surface area contributed by atoms with Gasteiger partial charge >= 0.3 is 0 Å². The van der Waals surface area contributed by atoms with E-state index in [0.717, 1.165) is 4.47 Å². The van der Waals surface area contributed by atoms with E-state index in [1.807, 2.05) is 0 Å². The first-order chi connectivity index (χ1) is 5.16. The molecule has 0 aliphatic carbocycles. The second-order valence-electron chi connectivity index (χ2n) is 1.74. The molecule has 0 aromatic carbocycles. The highest BCUT2D eigenvalue weighted by atomic mass is 79.9. The smallest absolute Gasteiger partial charge is 0.229 e. The first-order valence-corrected chi connectivity index (χ1v) is 4.66. The van der Waals surface area contributed by atoms with E-state index in [2.05, 4.69) is 36.8 Å². The number of aromatic nitrogens is 1. The summed E-state index contributed by atoms with van der Waals surface area (Å²) in [5.41, 5.74) is 0. The van der Waals surface area contributed by atoms with Gasteiger partial charge in [0.05, 0.1) is 21.1 Å². The molecule has 0 aliphatic rings. The molecule has 0 atom stereocenters. The van der Waals surface area contributed by atoms with Gasteiger partial charge in [0.1, 0.15) is 0 Å². The molecule has 2 nitrogen and oxygen atoms in total. The van der Waals surface area contributed by atoms with Gasteiger partial charge in [-0.05, 0) is 31.9 Å². The molecule has 0 fully saturated rings. The first kappa shape index (κ1) is 9.29. The lowest BCUT2D eigenvalue weighted by Gasteiger charge is -2.03. The van der Waals surface area contributed by atoms with Crippen LogP contribution in [-0.2, 0) is 0 Å². The summed E-state index contributed by atoms with van der Waals surface area (Å²) in [7, 11) is 1.54.